The molecule has 1 heterocycles. The molecular formula is C19H18NO+. The number of benzene rings is 3. The van der Waals surface area contributed by atoms with Crippen LogP contribution in [0.5, 0.6) is 5.75 Å². The molecule has 2 nitrogen and oxygen atoms in total. The molecular weight excluding hydrogens is 258 g/mol. The first-order valence-electron chi connectivity index (χ1n) is 7.41. The number of fused-ring (bicyclic) bond motifs is 3. The van der Waals surface area contributed by atoms with Crippen molar-refractivity contribution in [3.05, 3.63) is 77.9 Å². The van der Waals surface area contributed by atoms with Crippen LogP contribution in [0, 0.1) is 0 Å². The number of rotatable bonds is 2. The maximum atomic E-state index is 5.98. The Morgan fingerprint density at radius 3 is 2.57 bits per heavy atom. The van der Waals surface area contributed by atoms with Gasteiger partial charge in [-0.25, -0.2) is 0 Å². The normalized spacial score (nSPS) is 17.2. The maximum absolute atomic E-state index is 5.98. The summed E-state index contributed by atoms with van der Waals surface area (Å²) in [6.07, 6.45) is 0. The fraction of sp³-hybridized carbons (Fsp3) is 0.158. The Hall–Kier alpha value is -2.32. The molecule has 21 heavy (non-hydrogen) atoms. The number of ether oxygens (including phenoxy) is 1. The van der Waals surface area contributed by atoms with Crippen LogP contribution in [0.1, 0.15) is 11.1 Å². The molecule has 1 aliphatic rings. The molecule has 0 bridgehead atoms. The van der Waals surface area contributed by atoms with Gasteiger partial charge in [-0.2, -0.15) is 0 Å². The molecule has 1 N–H and O–H groups in total. The van der Waals surface area contributed by atoms with Crippen molar-refractivity contribution < 1.29 is 9.64 Å². The number of nitrogens with one attached hydrogen (secondary N) is 1. The topological polar surface area (TPSA) is 13.7 Å². The molecule has 1 aliphatic heterocycles. The van der Waals surface area contributed by atoms with E-state index in [1.54, 1.807) is 0 Å². The predicted molar refractivity (Wildman–Crippen MR) is 84.3 cm³/mol. The van der Waals surface area contributed by atoms with Gasteiger partial charge in [0.25, 0.3) is 0 Å². The highest BCUT2D eigenvalue weighted by Crippen LogP contribution is 2.28. The highest BCUT2D eigenvalue weighted by atomic mass is 16.5. The van der Waals surface area contributed by atoms with Crippen molar-refractivity contribution in [1.82, 2.24) is 0 Å². The molecule has 0 aromatic heterocycles. The van der Waals surface area contributed by atoms with Gasteiger partial charge in [0.15, 0.2) is 0 Å². The van der Waals surface area contributed by atoms with Gasteiger partial charge in [0.2, 0.25) is 6.73 Å². The van der Waals surface area contributed by atoms with E-state index in [4.69, 9.17) is 4.74 Å². The number of hydrogen-bond donors (Lipinski definition) is 1. The second kappa shape index (κ2) is 5.23. The largest absolute Gasteiger partial charge is 0.445 e. The quantitative estimate of drug-likeness (QED) is 0.760. The third-order valence-electron chi connectivity index (χ3n) is 4.15. The highest BCUT2D eigenvalue weighted by Gasteiger charge is 2.22. The molecule has 4 rings (SSSR count). The Kier molecular flexibility index (Phi) is 3.09. The first-order valence-corrected chi connectivity index (χ1v) is 7.41. The smallest absolute Gasteiger partial charge is 0.222 e. The Bertz CT molecular complexity index is 767. The van der Waals surface area contributed by atoms with Crippen LogP contribution >= 0.6 is 0 Å². The summed E-state index contributed by atoms with van der Waals surface area (Å²) in [5.74, 6) is 1.05. The lowest BCUT2D eigenvalue weighted by atomic mass is 10.0. The Morgan fingerprint density at radius 1 is 0.857 bits per heavy atom. The maximum Gasteiger partial charge on any atom is 0.222 e. The van der Waals surface area contributed by atoms with Crippen molar-refractivity contribution in [3.63, 3.8) is 0 Å². The molecule has 3 aromatic carbocycles. The lowest BCUT2D eigenvalue weighted by Gasteiger charge is -2.27. The summed E-state index contributed by atoms with van der Waals surface area (Å²) in [5.41, 5.74) is 2.70. The van der Waals surface area contributed by atoms with E-state index < -0.39 is 0 Å². The summed E-state index contributed by atoms with van der Waals surface area (Å²) in [6.45, 7) is 2.76. The Morgan fingerprint density at radius 2 is 1.67 bits per heavy atom. The van der Waals surface area contributed by atoms with Crippen LogP contribution < -0.4 is 9.64 Å². The van der Waals surface area contributed by atoms with Crippen molar-refractivity contribution in [3.8, 4) is 5.75 Å². The van der Waals surface area contributed by atoms with Crippen molar-refractivity contribution in [2.24, 2.45) is 0 Å². The average molecular weight is 276 g/mol. The summed E-state index contributed by atoms with van der Waals surface area (Å²) in [5, 5.41) is 2.61. The van der Waals surface area contributed by atoms with Gasteiger partial charge in [0.1, 0.15) is 18.8 Å². The van der Waals surface area contributed by atoms with Crippen LogP contribution in [0.4, 0.5) is 0 Å². The lowest BCUT2D eigenvalue weighted by molar-refractivity contribution is -0.945. The molecule has 0 saturated heterocycles. The van der Waals surface area contributed by atoms with Crippen molar-refractivity contribution >= 4 is 10.8 Å². The molecule has 0 saturated carbocycles. The van der Waals surface area contributed by atoms with Gasteiger partial charge in [-0.3, -0.25) is 4.90 Å². The molecule has 0 amide bonds. The van der Waals surface area contributed by atoms with Gasteiger partial charge in [0, 0.05) is 5.56 Å². The van der Waals surface area contributed by atoms with Gasteiger partial charge in [-0.15, -0.1) is 0 Å². The first-order chi connectivity index (χ1) is 10.4. The SMILES string of the molecule is c1ccc(C[NH+]2COc3ccc4ccccc4c3C2)cc1. The monoisotopic (exact) mass is 276 g/mol. The van der Waals surface area contributed by atoms with Gasteiger partial charge in [-0.1, -0.05) is 60.7 Å². The van der Waals surface area contributed by atoms with Gasteiger partial charge in [0.05, 0.1) is 5.56 Å². The lowest BCUT2D eigenvalue weighted by Crippen LogP contribution is -3.10. The third-order valence-corrected chi connectivity index (χ3v) is 4.15. The van der Waals surface area contributed by atoms with E-state index in [1.807, 2.05) is 0 Å². The van der Waals surface area contributed by atoms with Crippen LogP contribution in [0.3, 0.4) is 0 Å². The van der Waals surface area contributed by atoms with Crippen LogP contribution in [0.25, 0.3) is 10.8 Å². The summed E-state index contributed by atoms with van der Waals surface area (Å²) in [6, 6.07) is 23.5. The number of hydrogen-bond acceptors (Lipinski definition) is 1. The highest BCUT2D eigenvalue weighted by molar-refractivity contribution is 5.87. The van der Waals surface area contributed by atoms with Crippen molar-refractivity contribution in [2.45, 2.75) is 13.1 Å². The summed E-state index contributed by atoms with van der Waals surface area (Å²) in [7, 11) is 0. The van der Waals surface area contributed by atoms with E-state index in [9.17, 15) is 0 Å². The molecule has 0 aliphatic carbocycles. The molecule has 0 radical (unpaired) electrons. The molecule has 0 fully saturated rings. The standard InChI is InChI=1S/C19H17NO/c1-2-6-15(7-3-1)12-20-13-18-17-9-5-4-8-16(17)10-11-19(18)21-14-20/h1-11H,12-14H2/p+1. The molecule has 3 aromatic rings. The average Bonchev–Trinajstić information content (AvgIpc) is 2.56. The van der Waals surface area contributed by atoms with Crippen LogP contribution in [-0.4, -0.2) is 6.73 Å². The zero-order chi connectivity index (χ0) is 14.1. The minimum atomic E-state index is 0.736. The van der Waals surface area contributed by atoms with Gasteiger partial charge in [-0.05, 0) is 16.8 Å². The van der Waals surface area contributed by atoms with E-state index >= 15 is 0 Å². The zero-order valence-electron chi connectivity index (χ0n) is 11.9. The molecule has 1 unspecified atom stereocenters. The van der Waals surface area contributed by atoms with E-state index in [2.05, 4.69) is 66.7 Å². The Labute approximate surface area is 124 Å². The second-order valence-corrected chi connectivity index (χ2v) is 5.64. The minimum Gasteiger partial charge on any atom is -0.445 e. The fourth-order valence-corrected chi connectivity index (χ4v) is 3.11. The van der Waals surface area contributed by atoms with E-state index in [0.29, 0.717) is 0 Å². The van der Waals surface area contributed by atoms with Gasteiger partial charge < -0.3 is 4.74 Å². The predicted octanol–water partition coefficient (Wildman–Crippen LogP) is 2.77. The molecule has 104 valence electrons. The first kappa shape index (κ1) is 12.4. The second-order valence-electron chi connectivity index (χ2n) is 5.64. The third kappa shape index (κ3) is 2.39. The van der Waals surface area contributed by atoms with E-state index in [-0.39, 0.29) is 0 Å². The summed E-state index contributed by atoms with van der Waals surface area (Å²) in [4.78, 5) is 1.45. The van der Waals surface area contributed by atoms with Crippen molar-refractivity contribution in [1.29, 1.82) is 0 Å². The molecule has 2 heteroatoms. The van der Waals surface area contributed by atoms with Crippen LogP contribution in [0.2, 0.25) is 0 Å². The Balaban J connectivity index is 1.66. The van der Waals surface area contributed by atoms with E-state index in [1.165, 1.54) is 26.8 Å². The number of quaternary nitrogens is 1. The van der Waals surface area contributed by atoms with Crippen LogP contribution in [-0.2, 0) is 13.1 Å². The van der Waals surface area contributed by atoms with Crippen LogP contribution in [0.15, 0.2) is 66.7 Å². The summed E-state index contributed by atoms with van der Waals surface area (Å²) >= 11 is 0. The minimum absolute atomic E-state index is 0.736. The van der Waals surface area contributed by atoms with E-state index in [0.717, 1.165) is 25.6 Å². The van der Waals surface area contributed by atoms with Crippen molar-refractivity contribution in [2.75, 3.05) is 6.73 Å². The van der Waals surface area contributed by atoms with Gasteiger partial charge >= 0.3 is 0 Å². The zero-order valence-corrected chi connectivity index (χ0v) is 11.9. The fourth-order valence-electron chi connectivity index (χ4n) is 3.11. The summed E-state index contributed by atoms with van der Waals surface area (Å²) < 4.78 is 5.98. The molecule has 1 atom stereocenters. The molecule has 0 spiro atoms.